The van der Waals surface area contributed by atoms with Crippen molar-refractivity contribution in [3.8, 4) is 0 Å². The molecule has 0 atom stereocenters. The Labute approximate surface area is 96.1 Å². The predicted octanol–water partition coefficient (Wildman–Crippen LogP) is 2.01. The number of rotatable bonds is 4. The quantitative estimate of drug-likeness (QED) is 0.787. The molecule has 0 unspecified atom stereocenters. The van der Waals surface area contributed by atoms with Crippen LogP contribution in [0.25, 0.3) is 6.08 Å². The molecule has 0 heterocycles. The minimum Gasteiger partial charge on any atom is -0.465 e. The van der Waals surface area contributed by atoms with E-state index in [4.69, 9.17) is 4.74 Å². The summed E-state index contributed by atoms with van der Waals surface area (Å²) in [6.07, 6.45) is 4.02. The van der Waals surface area contributed by atoms with Gasteiger partial charge in [-0.1, -0.05) is 24.3 Å². The molecule has 0 bridgehead atoms. The van der Waals surface area contributed by atoms with E-state index in [1.807, 2.05) is 38.3 Å². The Morgan fingerprint density at radius 3 is 2.88 bits per heavy atom. The predicted molar refractivity (Wildman–Crippen MR) is 65.5 cm³/mol. The minimum absolute atomic E-state index is 0.290. The van der Waals surface area contributed by atoms with E-state index in [9.17, 15) is 4.79 Å². The van der Waals surface area contributed by atoms with E-state index in [1.54, 1.807) is 6.07 Å². The van der Waals surface area contributed by atoms with Crippen molar-refractivity contribution in [1.29, 1.82) is 0 Å². The summed E-state index contributed by atoms with van der Waals surface area (Å²) in [5.74, 6) is -0.290. The van der Waals surface area contributed by atoms with Crippen LogP contribution in [-0.4, -0.2) is 26.7 Å². The summed E-state index contributed by atoms with van der Waals surface area (Å²) in [4.78, 5) is 11.5. The molecular formula is C13H17NO2. The monoisotopic (exact) mass is 219 g/mol. The van der Waals surface area contributed by atoms with Gasteiger partial charge in [0.1, 0.15) is 0 Å². The molecule has 3 nitrogen and oxygen atoms in total. The van der Waals surface area contributed by atoms with E-state index < -0.39 is 0 Å². The maximum Gasteiger partial charge on any atom is 0.338 e. The van der Waals surface area contributed by atoms with E-state index in [1.165, 1.54) is 7.11 Å². The molecule has 0 saturated heterocycles. The first-order chi connectivity index (χ1) is 7.70. The molecule has 0 spiro atoms. The third kappa shape index (κ3) is 2.94. The Bertz CT molecular complexity index is 397. The highest BCUT2D eigenvalue weighted by Gasteiger charge is 2.09. The second-order valence-electron chi connectivity index (χ2n) is 3.47. The molecule has 1 aromatic rings. The zero-order chi connectivity index (χ0) is 12.0. The van der Waals surface area contributed by atoms with E-state index in [0.717, 1.165) is 17.7 Å². The molecule has 1 rings (SSSR count). The molecule has 0 saturated carbocycles. The Morgan fingerprint density at radius 2 is 2.25 bits per heavy atom. The lowest BCUT2D eigenvalue weighted by Crippen LogP contribution is -2.05. The lowest BCUT2D eigenvalue weighted by Gasteiger charge is -2.06. The normalized spacial score (nSPS) is 10.7. The third-order valence-electron chi connectivity index (χ3n) is 2.40. The van der Waals surface area contributed by atoms with Gasteiger partial charge in [-0.3, -0.25) is 0 Å². The molecule has 1 N–H and O–H groups in total. The summed E-state index contributed by atoms with van der Waals surface area (Å²) in [6.45, 7) is 2.73. The number of hydrogen-bond donors (Lipinski definition) is 1. The van der Waals surface area contributed by atoms with Gasteiger partial charge in [0.15, 0.2) is 0 Å². The third-order valence-corrected chi connectivity index (χ3v) is 2.40. The van der Waals surface area contributed by atoms with Crippen molar-refractivity contribution in [2.45, 2.75) is 6.92 Å². The molecule has 0 aliphatic heterocycles. The molecule has 0 radical (unpaired) electrons. The van der Waals surface area contributed by atoms with Crippen molar-refractivity contribution in [3.63, 3.8) is 0 Å². The van der Waals surface area contributed by atoms with Crippen LogP contribution in [0, 0.1) is 6.92 Å². The van der Waals surface area contributed by atoms with Crippen LogP contribution in [0.4, 0.5) is 0 Å². The number of nitrogens with one attached hydrogen (secondary N) is 1. The summed E-state index contributed by atoms with van der Waals surface area (Å²) >= 11 is 0. The molecule has 0 aliphatic rings. The summed E-state index contributed by atoms with van der Waals surface area (Å²) in [6, 6.07) is 5.61. The molecule has 16 heavy (non-hydrogen) atoms. The molecule has 0 amide bonds. The fourth-order valence-corrected chi connectivity index (χ4v) is 1.47. The van der Waals surface area contributed by atoms with Gasteiger partial charge in [0.25, 0.3) is 0 Å². The summed E-state index contributed by atoms with van der Waals surface area (Å²) in [7, 11) is 3.29. The largest absolute Gasteiger partial charge is 0.465 e. The average Bonchev–Trinajstić information content (AvgIpc) is 2.30. The highest BCUT2D eigenvalue weighted by Crippen LogP contribution is 2.16. The topological polar surface area (TPSA) is 38.3 Å². The van der Waals surface area contributed by atoms with Crippen LogP contribution in [0.5, 0.6) is 0 Å². The summed E-state index contributed by atoms with van der Waals surface area (Å²) < 4.78 is 4.72. The smallest absolute Gasteiger partial charge is 0.338 e. The maximum absolute atomic E-state index is 11.5. The Morgan fingerprint density at radius 1 is 1.50 bits per heavy atom. The van der Waals surface area contributed by atoms with Crippen LogP contribution < -0.4 is 5.32 Å². The average molecular weight is 219 g/mol. The fourth-order valence-electron chi connectivity index (χ4n) is 1.47. The molecule has 86 valence electrons. The zero-order valence-corrected chi connectivity index (χ0v) is 9.91. The Hall–Kier alpha value is -1.61. The van der Waals surface area contributed by atoms with Gasteiger partial charge in [-0.15, -0.1) is 0 Å². The number of hydrogen-bond acceptors (Lipinski definition) is 3. The van der Waals surface area contributed by atoms with Crippen molar-refractivity contribution in [1.82, 2.24) is 5.32 Å². The van der Waals surface area contributed by atoms with Crippen LogP contribution in [0.3, 0.4) is 0 Å². The minimum atomic E-state index is -0.290. The number of ether oxygens (including phenoxy) is 1. The van der Waals surface area contributed by atoms with Gasteiger partial charge in [-0.05, 0) is 31.2 Å². The van der Waals surface area contributed by atoms with Crippen molar-refractivity contribution in [2.24, 2.45) is 0 Å². The number of methoxy groups -OCH3 is 1. The zero-order valence-electron chi connectivity index (χ0n) is 9.91. The number of likely N-dealkylation sites (N-methyl/N-ethyl adjacent to an activating group) is 1. The van der Waals surface area contributed by atoms with Crippen LogP contribution in [0.1, 0.15) is 21.5 Å². The van der Waals surface area contributed by atoms with Gasteiger partial charge in [-0.2, -0.15) is 0 Å². The SMILES string of the molecule is CNCC=Cc1cccc(C(=O)OC)c1C. The summed E-state index contributed by atoms with van der Waals surface area (Å²) in [5, 5.41) is 3.03. The van der Waals surface area contributed by atoms with E-state index >= 15 is 0 Å². The first kappa shape index (κ1) is 12.5. The number of esters is 1. The Kier molecular flexibility index (Phi) is 4.73. The first-order valence-corrected chi connectivity index (χ1v) is 5.19. The standard InChI is InChI=1S/C13H17NO2/c1-10-11(7-5-9-14-2)6-4-8-12(10)13(15)16-3/h4-8,14H,9H2,1-3H3. The summed E-state index contributed by atoms with van der Waals surface area (Å²) in [5.41, 5.74) is 2.61. The first-order valence-electron chi connectivity index (χ1n) is 5.19. The van der Waals surface area contributed by atoms with Crippen molar-refractivity contribution < 1.29 is 9.53 Å². The van der Waals surface area contributed by atoms with Gasteiger partial charge in [0.2, 0.25) is 0 Å². The van der Waals surface area contributed by atoms with Gasteiger partial charge in [0, 0.05) is 6.54 Å². The second kappa shape index (κ2) is 6.08. The van der Waals surface area contributed by atoms with Crippen LogP contribution in [0.15, 0.2) is 24.3 Å². The van der Waals surface area contributed by atoms with Gasteiger partial charge in [0.05, 0.1) is 12.7 Å². The Balaban J connectivity index is 2.99. The number of carbonyl (C=O) groups is 1. The highest BCUT2D eigenvalue weighted by molar-refractivity contribution is 5.92. The van der Waals surface area contributed by atoms with Crippen LogP contribution >= 0.6 is 0 Å². The maximum atomic E-state index is 11.5. The molecule has 0 fully saturated rings. The van der Waals surface area contributed by atoms with Crippen LogP contribution in [-0.2, 0) is 4.74 Å². The molecule has 0 aliphatic carbocycles. The fraction of sp³-hybridized carbons (Fsp3) is 0.308. The molecule has 1 aromatic carbocycles. The molecule has 0 aromatic heterocycles. The lowest BCUT2D eigenvalue weighted by molar-refractivity contribution is 0.0600. The van der Waals surface area contributed by atoms with Crippen molar-refractivity contribution >= 4 is 12.0 Å². The van der Waals surface area contributed by atoms with Crippen molar-refractivity contribution in [3.05, 3.63) is 41.0 Å². The van der Waals surface area contributed by atoms with E-state index in [0.29, 0.717) is 5.56 Å². The molecular weight excluding hydrogens is 202 g/mol. The van der Waals surface area contributed by atoms with Gasteiger partial charge >= 0.3 is 5.97 Å². The van der Waals surface area contributed by atoms with Gasteiger partial charge in [-0.25, -0.2) is 4.79 Å². The van der Waals surface area contributed by atoms with E-state index in [-0.39, 0.29) is 5.97 Å². The lowest BCUT2D eigenvalue weighted by atomic mass is 10.0. The van der Waals surface area contributed by atoms with Crippen molar-refractivity contribution in [2.75, 3.05) is 20.7 Å². The number of benzene rings is 1. The molecule has 3 heteroatoms. The van der Waals surface area contributed by atoms with E-state index in [2.05, 4.69) is 5.32 Å². The van der Waals surface area contributed by atoms with Gasteiger partial charge < -0.3 is 10.1 Å². The van der Waals surface area contributed by atoms with Crippen LogP contribution in [0.2, 0.25) is 0 Å². The highest BCUT2D eigenvalue weighted by atomic mass is 16.5. The second-order valence-corrected chi connectivity index (χ2v) is 3.47. The number of carbonyl (C=O) groups excluding carboxylic acids is 1.